The van der Waals surface area contributed by atoms with Crippen molar-refractivity contribution >= 4 is 29.6 Å². The van der Waals surface area contributed by atoms with Crippen molar-refractivity contribution in [1.82, 2.24) is 4.90 Å². The van der Waals surface area contributed by atoms with Gasteiger partial charge in [0.1, 0.15) is 0 Å². The highest BCUT2D eigenvalue weighted by Gasteiger charge is 2.31. The third kappa shape index (κ3) is 5.21. The van der Waals surface area contributed by atoms with Gasteiger partial charge in [0.2, 0.25) is 0 Å². The molecule has 0 saturated carbocycles. The van der Waals surface area contributed by atoms with Crippen LogP contribution in [0.15, 0.2) is 60.7 Å². The van der Waals surface area contributed by atoms with Crippen molar-refractivity contribution in [3.8, 4) is 0 Å². The molecule has 1 atom stereocenters. The molecule has 2 aliphatic rings. The van der Waals surface area contributed by atoms with Gasteiger partial charge in [0.15, 0.2) is 0 Å². The highest BCUT2D eigenvalue weighted by Crippen LogP contribution is 2.38. The summed E-state index contributed by atoms with van der Waals surface area (Å²) in [6.45, 7) is 3.38. The van der Waals surface area contributed by atoms with E-state index < -0.39 is 46.1 Å². The van der Waals surface area contributed by atoms with Crippen LogP contribution in [-0.4, -0.2) is 75.9 Å². The van der Waals surface area contributed by atoms with Gasteiger partial charge in [0.25, 0.3) is 0 Å². The van der Waals surface area contributed by atoms with Crippen LogP contribution in [0.5, 0.6) is 0 Å². The van der Waals surface area contributed by atoms with Gasteiger partial charge in [-0.15, -0.1) is 0 Å². The highest BCUT2D eigenvalue weighted by molar-refractivity contribution is 6.09. The molecule has 4 N–H and O–H groups in total. The first-order valence-electron chi connectivity index (χ1n) is 11.8. The van der Waals surface area contributed by atoms with Crippen LogP contribution in [0.4, 0.5) is 5.69 Å². The average molecular weight is 519 g/mol. The van der Waals surface area contributed by atoms with Gasteiger partial charge in [0.05, 0.1) is 28.3 Å². The fourth-order valence-electron chi connectivity index (χ4n) is 4.95. The number of rotatable bonds is 4. The molecule has 0 bridgehead atoms. The van der Waals surface area contributed by atoms with Gasteiger partial charge in [0, 0.05) is 25.3 Å². The van der Waals surface area contributed by atoms with Crippen molar-refractivity contribution in [3.63, 3.8) is 0 Å². The molecule has 38 heavy (non-hydrogen) atoms. The third-order valence-electron chi connectivity index (χ3n) is 6.76. The van der Waals surface area contributed by atoms with E-state index in [1.807, 2.05) is 0 Å². The van der Waals surface area contributed by atoms with Crippen LogP contribution in [0.25, 0.3) is 0 Å². The number of para-hydroxylation sites is 1. The van der Waals surface area contributed by atoms with Gasteiger partial charge in [-0.1, -0.05) is 42.5 Å². The standard InChI is InChI=1S/C18H20N2.C10H6O8/c1-19-10-11-20-17-9-5-3-7-15(17)12-14-6-2-4-8-16(14)18(20)13-19;11-7(12)3-1-4(8(13)14)6(10(17)18)2-5(3)9(15)16/h2-9,18H,10-13H2,1H3;1-2H,(H,11,12)(H,13,14)(H,15,16)(H,17,18). The largest absolute Gasteiger partial charge is 0.478 e. The molecule has 0 radical (unpaired) electrons. The van der Waals surface area contributed by atoms with E-state index in [1.54, 1.807) is 0 Å². The number of piperazine rings is 1. The molecule has 0 aromatic heterocycles. The molecule has 1 fully saturated rings. The lowest BCUT2D eigenvalue weighted by atomic mass is 9.96. The van der Waals surface area contributed by atoms with E-state index in [-0.39, 0.29) is 0 Å². The number of carboxylic acids is 4. The zero-order chi connectivity index (χ0) is 27.6. The van der Waals surface area contributed by atoms with Crippen LogP contribution >= 0.6 is 0 Å². The van der Waals surface area contributed by atoms with E-state index in [0.717, 1.165) is 26.1 Å². The van der Waals surface area contributed by atoms with E-state index in [1.165, 1.54) is 22.4 Å². The molecule has 1 saturated heterocycles. The SMILES string of the molecule is CN1CCN2c3ccccc3Cc3ccccc3C2C1.O=C(O)c1cc(C(=O)O)c(C(=O)O)cc1C(=O)O. The lowest BCUT2D eigenvalue weighted by Gasteiger charge is -2.41. The quantitative estimate of drug-likeness (QED) is 0.403. The first-order chi connectivity index (χ1) is 18.1. The monoisotopic (exact) mass is 518 g/mol. The summed E-state index contributed by atoms with van der Waals surface area (Å²) in [6, 6.07) is 19.4. The van der Waals surface area contributed by atoms with Crippen LogP contribution in [0, 0.1) is 0 Å². The number of hydrogen-bond donors (Lipinski definition) is 4. The molecule has 3 aromatic carbocycles. The molecule has 2 heterocycles. The zero-order valence-electron chi connectivity index (χ0n) is 20.5. The Balaban J connectivity index is 0.000000179. The molecular weight excluding hydrogens is 492 g/mol. The molecule has 0 spiro atoms. The molecule has 10 heteroatoms. The maximum atomic E-state index is 10.8. The number of nitrogens with zero attached hydrogens (tertiary/aromatic N) is 2. The van der Waals surface area contributed by atoms with E-state index in [9.17, 15) is 19.2 Å². The van der Waals surface area contributed by atoms with Gasteiger partial charge >= 0.3 is 23.9 Å². The van der Waals surface area contributed by atoms with Gasteiger partial charge in [-0.3, -0.25) is 0 Å². The minimum atomic E-state index is -1.66. The lowest BCUT2D eigenvalue weighted by molar-refractivity contribution is 0.0637. The average Bonchev–Trinajstić information content (AvgIpc) is 3.02. The van der Waals surface area contributed by atoms with Crippen LogP contribution in [0.1, 0.15) is 64.2 Å². The zero-order valence-corrected chi connectivity index (χ0v) is 20.5. The lowest BCUT2D eigenvalue weighted by Crippen LogP contribution is -2.46. The predicted octanol–water partition coefficient (Wildman–Crippen LogP) is 3.56. The molecule has 196 valence electrons. The smallest absolute Gasteiger partial charge is 0.336 e. The van der Waals surface area contributed by atoms with Crippen molar-refractivity contribution in [2.24, 2.45) is 0 Å². The van der Waals surface area contributed by atoms with Gasteiger partial charge in [-0.05, 0) is 48.4 Å². The Hall–Kier alpha value is -4.70. The van der Waals surface area contributed by atoms with Crippen molar-refractivity contribution in [2.45, 2.75) is 12.5 Å². The number of benzene rings is 3. The van der Waals surface area contributed by atoms with Crippen molar-refractivity contribution < 1.29 is 39.6 Å². The first kappa shape index (κ1) is 26.4. The van der Waals surface area contributed by atoms with E-state index >= 15 is 0 Å². The van der Waals surface area contributed by atoms with Crippen molar-refractivity contribution in [2.75, 3.05) is 31.6 Å². The third-order valence-corrected chi connectivity index (χ3v) is 6.76. The Labute approximate surface area is 218 Å². The maximum Gasteiger partial charge on any atom is 0.336 e. The number of hydrogen-bond acceptors (Lipinski definition) is 6. The van der Waals surface area contributed by atoms with E-state index in [0.29, 0.717) is 18.2 Å². The van der Waals surface area contributed by atoms with Gasteiger partial charge in [-0.2, -0.15) is 0 Å². The first-order valence-corrected chi connectivity index (χ1v) is 11.8. The fourth-order valence-corrected chi connectivity index (χ4v) is 4.95. The minimum Gasteiger partial charge on any atom is -0.478 e. The summed E-state index contributed by atoms with van der Waals surface area (Å²) < 4.78 is 0. The Kier molecular flexibility index (Phi) is 7.45. The van der Waals surface area contributed by atoms with Gasteiger partial charge in [-0.25, -0.2) is 19.2 Å². The van der Waals surface area contributed by atoms with Crippen molar-refractivity contribution in [1.29, 1.82) is 0 Å². The molecule has 10 nitrogen and oxygen atoms in total. The summed E-state index contributed by atoms with van der Waals surface area (Å²) in [5.41, 5.74) is 2.75. The summed E-state index contributed by atoms with van der Waals surface area (Å²) >= 11 is 0. The molecule has 0 aliphatic carbocycles. The number of fused-ring (bicyclic) bond motifs is 5. The summed E-state index contributed by atoms with van der Waals surface area (Å²) in [4.78, 5) is 48.2. The second-order valence-corrected chi connectivity index (χ2v) is 9.14. The summed E-state index contributed by atoms with van der Waals surface area (Å²) in [5.74, 6) is -6.64. The van der Waals surface area contributed by atoms with E-state index in [4.69, 9.17) is 20.4 Å². The Morgan fingerprint density at radius 3 is 1.68 bits per heavy atom. The molecule has 1 unspecified atom stereocenters. The fraction of sp³-hybridized carbons (Fsp3) is 0.214. The van der Waals surface area contributed by atoms with E-state index in [2.05, 4.69) is 65.4 Å². The normalized spacial score (nSPS) is 16.0. The molecule has 3 aromatic rings. The summed E-state index contributed by atoms with van der Waals surface area (Å²) in [6.07, 6.45) is 1.06. The molecular formula is C28H26N2O8. The Morgan fingerprint density at radius 2 is 1.16 bits per heavy atom. The molecule has 5 rings (SSSR count). The maximum absolute atomic E-state index is 10.8. The number of aromatic carboxylic acids is 4. The number of carbonyl (C=O) groups is 4. The summed E-state index contributed by atoms with van der Waals surface area (Å²) in [7, 11) is 2.23. The van der Waals surface area contributed by atoms with Crippen molar-refractivity contribution in [3.05, 3.63) is 99.6 Å². The topological polar surface area (TPSA) is 156 Å². The Bertz CT molecular complexity index is 1340. The van der Waals surface area contributed by atoms with Crippen LogP contribution in [0.3, 0.4) is 0 Å². The number of anilines is 1. The number of likely N-dealkylation sites (N-methyl/N-ethyl adjacent to an activating group) is 1. The molecule has 0 amide bonds. The predicted molar refractivity (Wildman–Crippen MR) is 138 cm³/mol. The number of carboxylic acid groups (broad SMARTS) is 4. The second kappa shape index (κ2) is 10.7. The second-order valence-electron chi connectivity index (χ2n) is 9.14. The van der Waals surface area contributed by atoms with Crippen LogP contribution < -0.4 is 4.90 Å². The van der Waals surface area contributed by atoms with Crippen LogP contribution in [-0.2, 0) is 6.42 Å². The van der Waals surface area contributed by atoms with Gasteiger partial charge < -0.3 is 30.2 Å². The minimum absolute atomic E-state index is 0.494. The highest BCUT2D eigenvalue weighted by atomic mass is 16.4. The summed E-state index contributed by atoms with van der Waals surface area (Å²) in [5, 5.41) is 35.0. The van der Waals surface area contributed by atoms with Crippen LogP contribution in [0.2, 0.25) is 0 Å². The Morgan fingerprint density at radius 1 is 0.684 bits per heavy atom. The molecule has 2 aliphatic heterocycles.